The van der Waals surface area contributed by atoms with Crippen LogP contribution >= 0.6 is 34.7 Å². The molecular formula is C15H15ClN2O3S2. The first-order chi connectivity index (χ1) is 11.1. The number of aromatic nitrogens is 1. The number of thiazole rings is 1. The van der Waals surface area contributed by atoms with E-state index in [-0.39, 0.29) is 24.1 Å². The summed E-state index contributed by atoms with van der Waals surface area (Å²) in [7, 11) is 0. The molecule has 0 aliphatic carbocycles. The van der Waals surface area contributed by atoms with E-state index in [1.807, 2.05) is 12.1 Å². The van der Waals surface area contributed by atoms with Gasteiger partial charge in [-0.25, -0.2) is 4.98 Å². The van der Waals surface area contributed by atoms with Gasteiger partial charge in [0.2, 0.25) is 5.91 Å². The van der Waals surface area contributed by atoms with E-state index in [1.54, 1.807) is 24.4 Å². The van der Waals surface area contributed by atoms with Gasteiger partial charge in [-0.05, 0) is 31.2 Å². The second-order valence-corrected chi connectivity index (χ2v) is 6.76. The molecule has 0 saturated heterocycles. The van der Waals surface area contributed by atoms with Crippen molar-refractivity contribution in [3.05, 3.63) is 40.4 Å². The summed E-state index contributed by atoms with van der Waals surface area (Å²) in [6.45, 7) is 2.09. The third-order valence-electron chi connectivity index (χ3n) is 2.61. The van der Waals surface area contributed by atoms with Crippen molar-refractivity contribution in [2.75, 3.05) is 17.7 Å². The van der Waals surface area contributed by atoms with E-state index in [0.29, 0.717) is 22.5 Å². The van der Waals surface area contributed by atoms with Gasteiger partial charge in [0.25, 0.3) is 0 Å². The summed E-state index contributed by atoms with van der Waals surface area (Å²) >= 11 is 8.51. The van der Waals surface area contributed by atoms with E-state index < -0.39 is 0 Å². The highest BCUT2D eigenvalue weighted by Crippen LogP contribution is 2.21. The Morgan fingerprint density at radius 3 is 2.78 bits per heavy atom. The fourth-order valence-corrected chi connectivity index (χ4v) is 3.19. The number of nitrogens with zero attached hydrogens (tertiary/aromatic N) is 1. The van der Waals surface area contributed by atoms with Crippen LogP contribution in [0.5, 0.6) is 0 Å². The van der Waals surface area contributed by atoms with Crippen LogP contribution in [0.1, 0.15) is 12.6 Å². The molecule has 0 fully saturated rings. The van der Waals surface area contributed by atoms with Crippen LogP contribution in [0.25, 0.3) is 0 Å². The van der Waals surface area contributed by atoms with Crippen LogP contribution < -0.4 is 5.32 Å². The van der Waals surface area contributed by atoms with Crippen molar-refractivity contribution in [3.63, 3.8) is 0 Å². The van der Waals surface area contributed by atoms with E-state index in [4.69, 9.17) is 16.3 Å². The van der Waals surface area contributed by atoms with Gasteiger partial charge >= 0.3 is 5.97 Å². The number of carbonyl (C=O) groups is 2. The zero-order valence-electron chi connectivity index (χ0n) is 12.4. The van der Waals surface area contributed by atoms with Crippen molar-refractivity contribution >= 4 is 51.7 Å². The quantitative estimate of drug-likeness (QED) is 0.595. The number of amides is 1. The van der Waals surface area contributed by atoms with Gasteiger partial charge in [0.1, 0.15) is 0 Å². The lowest BCUT2D eigenvalue weighted by atomic mass is 10.3. The standard InChI is InChI=1S/C15H15ClN2O3S2/c1-2-21-14(20)7-11-8-23-15(17-11)18-13(19)9-22-12-5-3-10(16)4-6-12/h3-6,8H,2,7,9H2,1H3,(H,17,18,19). The largest absolute Gasteiger partial charge is 0.466 e. The minimum Gasteiger partial charge on any atom is -0.466 e. The number of hydrogen-bond donors (Lipinski definition) is 1. The first-order valence-corrected chi connectivity index (χ1v) is 9.09. The van der Waals surface area contributed by atoms with Gasteiger partial charge in [-0.2, -0.15) is 0 Å². The Labute approximate surface area is 147 Å². The maximum atomic E-state index is 11.9. The Morgan fingerprint density at radius 2 is 2.09 bits per heavy atom. The lowest BCUT2D eigenvalue weighted by molar-refractivity contribution is -0.142. The number of anilines is 1. The molecule has 0 aliphatic rings. The molecule has 1 N–H and O–H groups in total. The Kier molecular flexibility index (Phi) is 6.88. The summed E-state index contributed by atoms with van der Waals surface area (Å²) < 4.78 is 4.86. The molecule has 0 unspecified atom stereocenters. The van der Waals surface area contributed by atoms with Gasteiger partial charge in [-0.3, -0.25) is 9.59 Å². The number of rotatable bonds is 7. The summed E-state index contributed by atoms with van der Waals surface area (Å²) in [4.78, 5) is 28.4. The maximum absolute atomic E-state index is 11.9. The molecule has 2 aromatic rings. The van der Waals surface area contributed by atoms with Gasteiger partial charge in [-0.15, -0.1) is 23.1 Å². The van der Waals surface area contributed by atoms with E-state index in [1.165, 1.54) is 23.1 Å². The fourth-order valence-electron chi connectivity index (χ4n) is 1.64. The van der Waals surface area contributed by atoms with Crippen molar-refractivity contribution in [2.45, 2.75) is 18.2 Å². The molecule has 1 amide bonds. The second-order valence-electron chi connectivity index (χ2n) is 4.42. The highest BCUT2D eigenvalue weighted by atomic mass is 35.5. The van der Waals surface area contributed by atoms with Gasteiger partial charge in [0.15, 0.2) is 5.13 Å². The SMILES string of the molecule is CCOC(=O)Cc1csc(NC(=O)CSc2ccc(Cl)cc2)n1. The number of benzene rings is 1. The molecule has 5 nitrogen and oxygen atoms in total. The molecule has 1 aromatic heterocycles. The smallest absolute Gasteiger partial charge is 0.311 e. The summed E-state index contributed by atoms with van der Waals surface area (Å²) in [5.74, 6) is -0.204. The molecular weight excluding hydrogens is 356 g/mol. The molecule has 0 aliphatic heterocycles. The highest BCUT2D eigenvalue weighted by Gasteiger charge is 2.10. The topological polar surface area (TPSA) is 68.3 Å². The van der Waals surface area contributed by atoms with Gasteiger partial charge in [0, 0.05) is 15.3 Å². The summed E-state index contributed by atoms with van der Waals surface area (Å²) in [5, 5.41) is 5.59. The van der Waals surface area contributed by atoms with Crippen LogP contribution in [0.2, 0.25) is 5.02 Å². The third kappa shape index (κ3) is 6.21. The third-order valence-corrected chi connectivity index (χ3v) is 4.68. The average Bonchev–Trinajstić information content (AvgIpc) is 2.94. The Balaban J connectivity index is 1.80. The van der Waals surface area contributed by atoms with E-state index >= 15 is 0 Å². The summed E-state index contributed by atoms with van der Waals surface area (Å²) in [5.41, 5.74) is 0.592. The monoisotopic (exact) mass is 370 g/mol. The number of nitrogens with one attached hydrogen (secondary N) is 1. The fraction of sp³-hybridized carbons (Fsp3) is 0.267. The van der Waals surface area contributed by atoms with Crippen molar-refractivity contribution in [2.24, 2.45) is 0 Å². The summed E-state index contributed by atoms with van der Waals surface area (Å²) in [6, 6.07) is 7.29. The molecule has 2 rings (SSSR count). The molecule has 0 saturated carbocycles. The lowest BCUT2D eigenvalue weighted by Crippen LogP contribution is -2.14. The van der Waals surface area contributed by atoms with Crippen LogP contribution in [-0.2, 0) is 20.7 Å². The second kappa shape index (κ2) is 8.90. The number of esters is 1. The van der Waals surface area contributed by atoms with Crippen LogP contribution in [0, 0.1) is 0 Å². The van der Waals surface area contributed by atoms with E-state index in [0.717, 1.165) is 4.90 Å². The van der Waals surface area contributed by atoms with Crippen molar-refractivity contribution in [1.29, 1.82) is 0 Å². The molecule has 1 aromatic carbocycles. The number of carbonyl (C=O) groups excluding carboxylic acids is 2. The maximum Gasteiger partial charge on any atom is 0.311 e. The zero-order valence-corrected chi connectivity index (χ0v) is 14.8. The minimum atomic E-state index is -0.325. The molecule has 0 spiro atoms. The highest BCUT2D eigenvalue weighted by molar-refractivity contribution is 8.00. The molecule has 1 heterocycles. The number of hydrogen-bond acceptors (Lipinski definition) is 6. The zero-order chi connectivity index (χ0) is 16.7. The molecule has 0 bridgehead atoms. The van der Waals surface area contributed by atoms with Crippen LogP contribution in [-0.4, -0.2) is 29.2 Å². The van der Waals surface area contributed by atoms with Crippen LogP contribution in [0.15, 0.2) is 34.5 Å². The Bertz CT molecular complexity index is 674. The molecule has 0 atom stereocenters. The predicted octanol–water partition coefficient (Wildman–Crippen LogP) is 3.63. The molecule has 0 radical (unpaired) electrons. The Hall–Kier alpha value is -1.57. The minimum absolute atomic E-state index is 0.111. The number of halogens is 1. The molecule has 23 heavy (non-hydrogen) atoms. The van der Waals surface area contributed by atoms with Gasteiger partial charge in [0.05, 0.1) is 24.5 Å². The molecule has 8 heteroatoms. The van der Waals surface area contributed by atoms with Crippen LogP contribution in [0.4, 0.5) is 5.13 Å². The first kappa shape index (κ1) is 17.8. The summed E-state index contributed by atoms with van der Waals surface area (Å²) in [6.07, 6.45) is 0.111. The van der Waals surface area contributed by atoms with Crippen LogP contribution in [0.3, 0.4) is 0 Å². The first-order valence-electron chi connectivity index (χ1n) is 6.85. The van der Waals surface area contributed by atoms with E-state index in [2.05, 4.69) is 10.3 Å². The Morgan fingerprint density at radius 1 is 1.35 bits per heavy atom. The van der Waals surface area contributed by atoms with E-state index in [9.17, 15) is 9.59 Å². The average molecular weight is 371 g/mol. The normalized spacial score (nSPS) is 10.3. The predicted molar refractivity (Wildman–Crippen MR) is 93.3 cm³/mol. The van der Waals surface area contributed by atoms with Crippen molar-refractivity contribution in [1.82, 2.24) is 4.98 Å². The number of ether oxygens (including phenoxy) is 1. The van der Waals surface area contributed by atoms with Crippen molar-refractivity contribution < 1.29 is 14.3 Å². The van der Waals surface area contributed by atoms with Gasteiger partial charge in [-0.1, -0.05) is 11.6 Å². The lowest BCUT2D eigenvalue weighted by Gasteiger charge is -2.02. The van der Waals surface area contributed by atoms with Gasteiger partial charge < -0.3 is 10.1 Å². The molecule has 122 valence electrons. The van der Waals surface area contributed by atoms with Crippen molar-refractivity contribution in [3.8, 4) is 0 Å². The number of thioether (sulfide) groups is 1.